The number of amides is 1. The van der Waals surface area contributed by atoms with E-state index in [0.29, 0.717) is 23.1 Å². The van der Waals surface area contributed by atoms with Crippen LogP contribution in [0, 0.1) is 0 Å². The number of nitrogens with zero attached hydrogens (tertiary/aromatic N) is 2. The van der Waals surface area contributed by atoms with Crippen LogP contribution in [-0.2, 0) is 11.2 Å². The largest absolute Gasteiger partial charge is 0.384 e. The van der Waals surface area contributed by atoms with Crippen molar-refractivity contribution in [3.05, 3.63) is 11.9 Å². The van der Waals surface area contributed by atoms with Crippen molar-refractivity contribution in [1.29, 1.82) is 0 Å². The number of aryl methyl sites for hydroxylation is 1. The van der Waals surface area contributed by atoms with Gasteiger partial charge in [-0.25, -0.2) is 15.8 Å². The summed E-state index contributed by atoms with van der Waals surface area (Å²) < 4.78 is 0. The zero-order chi connectivity index (χ0) is 11.3. The van der Waals surface area contributed by atoms with Crippen LogP contribution in [0.2, 0.25) is 0 Å². The minimum Gasteiger partial charge on any atom is -0.384 e. The molecule has 0 radical (unpaired) electrons. The molecule has 0 aromatic carbocycles. The minimum atomic E-state index is -0.254. The molecule has 1 aromatic rings. The molecule has 0 bridgehead atoms. The van der Waals surface area contributed by atoms with Gasteiger partial charge in [0.25, 0.3) is 0 Å². The summed E-state index contributed by atoms with van der Waals surface area (Å²) in [5, 5.41) is 0.683. The average Bonchev–Trinajstić information content (AvgIpc) is 2.25. The number of rotatable bonds is 4. The number of carbonyl (C=O) groups is 1. The highest BCUT2D eigenvalue weighted by molar-refractivity contribution is 7.99. The Morgan fingerprint density at radius 1 is 1.60 bits per heavy atom. The van der Waals surface area contributed by atoms with Crippen LogP contribution in [-0.4, -0.2) is 21.6 Å². The van der Waals surface area contributed by atoms with Gasteiger partial charge in [-0.2, -0.15) is 0 Å². The first kappa shape index (κ1) is 11.7. The molecule has 82 valence electrons. The van der Waals surface area contributed by atoms with Gasteiger partial charge in [0.1, 0.15) is 16.7 Å². The van der Waals surface area contributed by atoms with E-state index in [0.717, 1.165) is 0 Å². The van der Waals surface area contributed by atoms with Crippen LogP contribution in [0.4, 0.5) is 5.82 Å². The smallest absolute Gasteiger partial charge is 0.244 e. The van der Waals surface area contributed by atoms with Gasteiger partial charge in [0.15, 0.2) is 0 Å². The molecule has 15 heavy (non-hydrogen) atoms. The zero-order valence-electron chi connectivity index (χ0n) is 8.36. The Bertz CT molecular complexity index is 357. The predicted octanol–water partition coefficient (Wildman–Crippen LogP) is -0.297. The Balaban J connectivity index is 2.68. The summed E-state index contributed by atoms with van der Waals surface area (Å²) in [4.78, 5) is 19.1. The van der Waals surface area contributed by atoms with Crippen molar-refractivity contribution < 1.29 is 4.79 Å². The van der Waals surface area contributed by atoms with E-state index < -0.39 is 0 Å². The van der Waals surface area contributed by atoms with Crippen molar-refractivity contribution in [2.45, 2.75) is 18.4 Å². The summed E-state index contributed by atoms with van der Waals surface area (Å²) in [7, 11) is 0. The van der Waals surface area contributed by atoms with Crippen LogP contribution in [0.1, 0.15) is 12.7 Å². The van der Waals surface area contributed by atoms with E-state index in [1.807, 2.05) is 12.3 Å². The molecule has 0 unspecified atom stereocenters. The molecule has 0 saturated heterocycles. The highest BCUT2D eigenvalue weighted by atomic mass is 32.2. The fourth-order valence-electron chi connectivity index (χ4n) is 0.905. The molecule has 0 spiro atoms. The molecule has 0 fully saturated rings. The van der Waals surface area contributed by atoms with Crippen LogP contribution >= 0.6 is 11.8 Å². The van der Waals surface area contributed by atoms with E-state index in [1.165, 1.54) is 11.8 Å². The number of aromatic nitrogens is 2. The van der Waals surface area contributed by atoms with Gasteiger partial charge in [-0.05, 0) is 0 Å². The van der Waals surface area contributed by atoms with Crippen LogP contribution in [0.15, 0.2) is 11.1 Å². The topological polar surface area (TPSA) is 107 Å². The third kappa shape index (κ3) is 3.72. The van der Waals surface area contributed by atoms with Gasteiger partial charge in [0.2, 0.25) is 5.91 Å². The SMILES string of the molecule is CCc1nc(N)cc(SCC(=O)NN)n1. The maximum Gasteiger partial charge on any atom is 0.244 e. The standard InChI is InChI=1S/C8H13N5OS/c1-2-6-11-5(9)3-8(12-6)15-4-7(14)13-10/h3H,2,4,10H2,1H3,(H,13,14)(H2,9,11,12). The normalized spacial score (nSPS) is 10.0. The third-order valence-corrected chi connectivity index (χ3v) is 2.51. The van der Waals surface area contributed by atoms with Crippen molar-refractivity contribution in [2.24, 2.45) is 5.84 Å². The molecular weight excluding hydrogens is 214 g/mol. The number of anilines is 1. The lowest BCUT2D eigenvalue weighted by atomic mass is 10.4. The molecule has 5 N–H and O–H groups in total. The number of thioether (sulfide) groups is 1. The van der Waals surface area contributed by atoms with Crippen LogP contribution in [0.25, 0.3) is 0 Å². The van der Waals surface area contributed by atoms with Gasteiger partial charge < -0.3 is 5.73 Å². The molecule has 1 heterocycles. The molecule has 0 aliphatic heterocycles. The van der Waals surface area contributed by atoms with Gasteiger partial charge in [-0.3, -0.25) is 10.2 Å². The van der Waals surface area contributed by atoms with Gasteiger partial charge in [0.05, 0.1) is 5.75 Å². The molecule has 0 aliphatic rings. The highest BCUT2D eigenvalue weighted by Crippen LogP contribution is 2.17. The molecule has 0 aliphatic carbocycles. The summed E-state index contributed by atoms with van der Waals surface area (Å²) in [6, 6.07) is 1.63. The predicted molar refractivity (Wildman–Crippen MR) is 58.9 cm³/mol. The minimum absolute atomic E-state index is 0.218. The summed E-state index contributed by atoms with van der Waals surface area (Å²) in [6.07, 6.45) is 0.710. The fourth-order valence-corrected chi connectivity index (χ4v) is 1.64. The first-order valence-electron chi connectivity index (χ1n) is 4.41. The first-order chi connectivity index (χ1) is 7.15. The zero-order valence-corrected chi connectivity index (χ0v) is 9.17. The Morgan fingerprint density at radius 3 is 2.93 bits per heavy atom. The molecular formula is C8H13N5OS. The monoisotopic (exact) mass is 227 g/mol. The van der Waals surface area contributed by atoms with Crippen LogP contribution in [0.3, 0.4) is 0 Å². The third-order valence-electron chi connectivity index (χ3n) is 1.60. The lowest BCUT2D eigenvalue weighted by molar-refractivity contribution is -0.118. The summed E-state index contributed by atoms with van der Waals surface area (Å²) in [5.41, 5.74) is 7.63. The van der Waals surface area contributed by atoms with Crippen LogP contribution in [0.5, 0.6) is 0 Å². The Morgan fingerprint density at radius 2 is 2.33 bits per heavy atom. The van der Waals surface area contributed by atoms with Crippen molar-refractivity contribution in [3.63, 3.8) is 0 Å². The van der Waals surface area contributed by atoms with E-state index in [9.17, 15) is 4.79 Å². The molecule has 1 amide bonds. The maximum atomic E-state index is 10.9. The van der Waals surface area contributed by atoms with Crippen molar-refractivity contribution in [1.82, 2.24) is 15.4 Å². The first-order valence-corrected chi connectivity index (χ1v) is 5.40. The lowest BCUT2D eigenvalue weighted by Crippen LogP contribution is -2.31. The van der Waals surface area contributed by atoms with Gasteiger partial charge >= 0.3 is 0 Å². The lowest BCUT2D eigenvalue weighted by Gasteiger charge is -2.03. The molecule has 7 heteroatoms. The average molecular weight is 227 g/mol. The van der Waals surface area contributed by atoms with E-state index in [2.05, 4.69) is 9.97 Å². The number of hydrogen-bond acceptors (Lipinski definition) is 6. The molecule has 6 nitrogen and oxygen atoms in total. The van der Waals surface area contributed by atoms with Gasteiger partial charge in [-0.1, -0.05) is 18.7 Å². The number of nitrogens with two attached hydrogens (primary N) is 2. The number of carbonyl (C=O) groups excluding carboxylic acids is 1. The van der Waals surface area contributed by atoms with E-state index in [1.54, 1.807) is 6.07 Å². The summed E-state index contributed by atoms with van der Waals surface area (Å²) in [5.74, 6) is 6.00. The van der Waals surface area contributed by atoms with Crippen molar-refractivity contribution >= 4 is 23.5 Å². The molecule has 0 saturated carbocycles. The number of hydrazine groups is 1. The number of nitrogen functional groups attached to an aromatic ring is 1. The van der Waals surface area contributed by atoms with E-state index in [4.69, 9.17) is 11.6 Å². The quantitative estimate of drug-likeness (QED) is 0.214. The maximum absolute atomic E-state index is 10.9. The summed E-state index contributed by atoms with van der Waals surface area (Å²) >= 11 is 1.27. The molecule has 0 atom stereocenters. The second-order valence-corrected chi connectivity index (χ2v) is 3.75. The Kier molecular flexibility index (Phi) is 4.32. The van der Waals surface area contributed by atoms with Gasteiger partial charge in [-0.15, -0.1) is 0 Å². The molecule has 1 rings (SSSR count). The van der Waals surface area contributed by atoms with E-state index in [-0.39, 0.29) is 11.7 Å². The Labute approximate surface area is 91.8 Å². The number of nitrogens with one attached hydrogen (secondary N) is 1. The fraction of sp³-hybridized carbons (Fsp3) is 0.375. The highest BCUT2D eigenvalue weighted by Gasteiger charge is 2.04. The second-order valence-electron chi connectivity index (χ2n) is 2.76. The van der Waals surface area contributed by atoms with Gasteiger partial charge in [0, 0.05) is 12.5 Å². The van der Waals surface area contributed by atoms with E-state index >= 15 is 0 Å². The molecule has 1 aromatic heterocycles. The number of hydrogen-bond donors (Lipinski definition) is 3. The second kappa shape index (κ2) is 5.52. The van der Waals surface area contributed by atoms with Crippen molar-refractivity contribution in [3.8, 4) is 0 Å². The Hall–Kier alpha value is -1.34. The van der Waals surface area contributed by atoms with Crippen LogP contribution < -0.4 is 17.0 Å². The summed E-state index contributed by atoms with van der Waals surface area (Å²) in [6.45, 7) is 1.94. The van der Waals surface area contributed by atoms with Crippen molar-refractivity contribution in [2.75, 3.05) is 11.5 Å².